The molecule has 4 rings (SSSR count). The number of imidazole rings is 1. The van der Waals surface area contributed by atoms with E-state index in [9.17, 15) is 9.59 Å². The summed E-state index contributed by atoms with van der Waals surface area (Å²) in [5, 5.41) is 2.97. The first-order valence-electron chi connectivity index (χ1n) is 8.98. The molecule has 0 bridgehead atoms. The average Bonchev–Trinajstić information content (AvgIpc) is 3.38. The molecule has 1 atom stereocenters. The van der Waals surface area contributed by atoms with Gasteiger partial charge in [-0.05, 0) is 36.4 Å². The first-order valence-corrected chi connectivity index (χ1v) is 8.98. The van der Waals surface area contributed by atoms with Gasteiger partial charge in [0.05, 0.1) is 30.7 Å². The number of anilines is 2. The molecule has 2 heterocycles. The van der Waals surface area contributed by atoms with E-state index in [2.05, 4.69) is 10.3 Å². The van der Waals surface area contributed by atoms with Crippen LogP contribution in [0.15, 0.2) is 67.3 Å². The van der Waals surface area contributed by atoms with Crippen LogP contribution in [0.3, 0.4) is 0 Å². The lowest BCUT2D eigenvalue weighted by Gasteiger charge is -2.17. The van der Waals surface area contributed by atoms with E-state index in [4.69, 9.17) is 4.74 Å². The van der Waals surface area contributed by atoms with Crippen LogP contribution < -0.4 is 15.0 Å². The summed E-state index contributed by atoms with van der Waals surface area (Å²) >= 11 is 0. The zero-order valence-corrected chi connectivity index (χ0v) is 15.4. The number of nitrogens with one attached hydrogen (secondary N) is 1. The molecule has 28 heavy (non-hydrogen) atoms. The minimum Gasteiger partial charge on any atom is -0.497 e. The van der Waals surface area contributed by atoms with Crippen molar-refractivity contribution in [2.45, 2.75) is 6.42 Å². The number of carbonyl (C=O) groups is 2. The Hall–Kier alpha value is -3.61. The van der Waals surface area contributed by atoms with Gasteiger partial charge in [0, 0.05) is 31.0 Å². The maximum Gasteiger partial charge on any atom is 0.229 e. The van der Waals surface area contributed by atoms with E-state index in [-0.39, 0.29) is 18.2 Å². The third kappa shape index (κ3) is 3.46. The van der Waals surface area contributed by atoms with Gasteiger partial charge in [0.2, 0.25) is 11.8 Å². The molecule has 0 spiro atoms. The number of hydrogen-bond acceptors (Lipinski definition) is 4. The third-order valence-electron chi connectivity index (χ3n) is 4.82. The van der Waals surface area contributed by atoms with Gasteiger partial charge in [0.25, 0.3) is 0 Å². The number of rotatable bonds is 5. The molecule has 7 nitrogen and oxygen atoms in total. The van der Waals surface area contributed by atoms with E-state index in [0.29, 0.717) is 12.2 Å². The number of methoxy groups -OCH3 is 1. The molecule has 142 valence electrons. The molecule has 3 aromatic rings. The largest absolute Gasteiger partial charge is 0.497 e. The Labute approximate surface area is 162 Å². The monoisotopic (exact) mass is 376 g/mol. The molecule has 1 aromatic heterocycles. The lowest BCUT2D eigenvalue weighted by atomic mass is 10.1. The highest BCUT2D eigenvalue weighted by atomic mass is 16.5. The maximum absolute atomic E-state index is 12.8. The van der Waals surface area contributed by atoms with Crippen molar-refractivity contribution in [3.63, 3.8) is 0 Å². The summed E-state index contributed by atoms with van der Waals surface area (Å²) < 4.78 is 6.98. The number of hydrogen-bond donors (Lipinski definition) is 1. The molecule has 2 aromatic carbocycles. The summed E-state index contributed by atoms with van der Waals surface area (Å²) in [5.74, 6) is 0.0800. The number of para-hydroxylation sites is 2. The van der Waals surface area contributed by atoms with Crippen molar-refractivity contribution < 1.29 is 14.3 Å². The Bertz CT molecular complexity index is 983. The molecule has 1 unspecified atom stereocenters. The minimum absolute atomic E-state index is 0.0618. The summed E-state index contributed by atoms with van der Waals surface area (Å²) in [6.07, 6.45) is 5.36. The normalized spacial score (nSPS) is 16.2. The Balaban J connectivity index is 1.49. The Morgan fingerprint density at radius 1 is 1.18 bits per heavy atom. The first kappa shape index (κ1) is 17.8. The van der Waals surface area contributed by atoms with Crippen LogP contribution >= 0.6 is 0 Å². The first-order chi connectivity index (χ1) is 13.7. The van der Waals surface area contributed by atoms with E-state index in [0.717, 1.165) is 17.1 Å². The third-order valence-corrected chi connectivity index (χ3v) is 4.82. The van der Waals surface area contributed by atoms with Crippen molar-refractivity contribution in [3.05, 3.63) is 67.3 Å². The molecule has 1 N–H and O–H groups in total. The summed E-state index contributed by atoms with van der Waals surface area (Å²) in [6, 6.07) is 14.8. The number of benzene rings is 2. The highest BCUT2D eigenvalue weighted by Gasteiger charge is 2.35. The molecule has 7 heteroatoms. The van der Waals surface area contributed by atoms with Crippen molar-refractivity contribution in [1.82, 2.24) is 9.55 Å². The van der Waals surface area contributed by atoms with Gasteiger partial charge in [-0.3, -0.25) is 9.59 Å². The number of aromatic nitrogens is 2. The molecule has 1 aliphatic rings. The van der Waals surface area contributed by atoms with Crippen LogP contribution in [0.5, 0.6) is 5.75 Å². The van der Waals surface area contributed by atoms with Gasteiger partial charge in [0.1, 0.15) is 5.75 Å². The molecule has 2 amide bonds. The Morgan fingerprint density at radius 2 is 1.96 bits per heavy atom. The number of carbonyl (C=O) groups excluding carboxylic acids is 2. The molecule has 1 aliphatic heterocycles. The van der Waals surface area contributed by atoms with Crippen LogP contribution in [0.1, 0.15) is 6.42 Å². The van der Waals surface area contributed by atoms with Crippen LogP contribution in [0.2, 0.25) is 0 Å². The van der Waals surface area contributed by atoms with E-state index < -0.39 is 5.92 Å². The number of ether oxygens (including phenoxy) is 1. The standard InChI is InChI=1S/C21H20N4O3/c1-28-17-8-6-16(7-9-17)25-13-15(12-20(25)26)21(27)23-18-4-2-3-5-19(18)24-11-10-22-14-24/h2-11,14-15H,12-13H2,1H3,(H,23,27). The van der Waals surface area contributed by atoms with Gasteiger partial charge in [0.15, 0.2) is 0 Å². The van der Waals surface area contributed by atoms with Gasteiger partial charge in [-0.1, -0.05) is 12.1 Å². The van der Waals surface area contributed by atoms with E-state index in [1.807, 2.05) is 47.2 Å². The lowest BCUT2D eigenvalue weighted by Crippen LogP contribution is -2.28. The van der Waals surface area contributed by atoms with Crippen LogP contribution in [0.4, 0.5) is 11.4 Å². The van der Waals surface area contributed by atoms with Crippen LogP contribution in [0.25, 0.3) is 5.69 Å². The topological polar surface area (TPSA) is 76.5 Å². The van der Waals surface area contributed by atoms with Crippen molar-refractivity contribution >= 4 is 23.2 Å². The van der Waals surface area contributed by atoms with E-state index >= 15 is 0 Å². The van der Waals surface area contributed by atoms with Gasteiger partial charge >= 0.3 is 0 Å². The fourth-order valence-electron chi connectivity index (χ4n) is 3.34. The van der Waals surface area contributed by atoms with Gasteiger partial charge < -0.3 is 19.5 Å². The summed E-state index contributed by atoms with van der Waals surface area (Å²) in [4.78, 5) is 31.0. The molecular weight excluding hydrogens is 356 g/mol. The molecule has 1 saturated heterocycles. The van der Waals surface area contributed by atoms with E-state index in [1.165, 1.54) is 0 Å². The second-order valence-corrected chi connectivity index (χ2v) is 6.58. The summed E-state index contributed by atoms with van der Waals surface area (Å²) in [5.41, 5.74) is 2.27. The molecule has 0 radical (unpaired) electrons. The minimum atomic E-state index is -0.412. The SMILES string of the molecule is COc1ccc(N2CC(C(=O)Nc3ccccc3-n3ccnc3)CC2=O)cc1. The lowest BCUT2D eigenvalue weighted by molar-refractivity contribution is -0.122. The smallest absolute Gasteiger partial charge is 0.229 e. The fourth-order valence-corrected chi connectivity index (χ4v) is 3.34. The molecule has 0 aliphatic carbocycles. The predicted octanol–water partition coefficient (Wildman–Crippen LogP) is 2.87. The van der Waals surface area contributed by atoms with Crippen molar-refractivity contribution in [1.29, 1.82) is 0 Å². The number of amides is 2. The van der Waals surface area contributed by atoms with Crippen LogP contribution in [-0.2, 0) is 9.59 Å². The maximum atomic E-state index is 12.8. The van der Waals surface area contributed by atoms with Crippen LogP contribution in [0, 0.1) is 5.92 Å². The van der Waals surface area contributed by atoms with Crippen molar-refractivity contribution in [3.8, 4) is 11.4 Å². The molecular formula is C21H20N4O3. The van der Waals surface area contributed by atoms with Gasteiger partial charge in [-0.15, -0.1) is 0 Å². The molecule has 0 saturated carbocycles. The Kier molecular flexibility index (Phi) is 4.80. The zero-order valence-electron chi connectivity index (χ0n) is 15.4. The van der Waals surface area contributed by atoms with E-state index in [1.54, 1.807) is 36.7 Å². The van der Waals surface area contributed by atoms with Gasteiger partial charge in [-0.2, -0.15) is 0 Å². The average molecular weight is 376 g/mol. The Morgan fingerprint density at radius 3 is 2.68 bits per heavy atom. The second-order valence-electron chi connectivity index (χ2n) is 6.58. The summed E-state index contributed by atoms with van der Waals surface area (Å²) in [6.45, 7) is 0.351. The molecule has 1 fully saturated rings. The highest BCUT2D eigenvalue weighted by Crippen LogP contribution is 2.28. The second kappa shape index (κ2) is 7.56. The van der Waals surface area contributed by atoms with Crippen LogP contribution in [-0.4, -0.2) is 35.0 Å². The number of nitrogens with zero attached hydrogens (tertiary/aromatic N) is 3. The zero-order chi connectivity index (χ0) is 19.5. The predicted molar refractivity (Wildman–Crippen MR) is 106 cm³/mol. The van der Waals surface area contributed by atoms with Crippen molar-refractivity contribution in [2.24, 2.45) is 5.92 Å². The van der Waals surface area contributed by atoms with Gasteiger partial charge in [-0.25, -0.2) is 4.98 Å². The quantitative estimate of drug-likeness (QED) is 0.743. The van der Waals surface area contributed by atoms with Crippen molar-refractivity contribution in [2.75, 3.05) is 23.9 Å². The highest BCUT2D eigenvalue weighted by molar-refractivity contribution is 6.04. The fraction of sp³-hybridized carbons (Fsp3) is 0.190. The summed E-state index contributed by atoms with van der Waals surface area (Å²) in [7, 11) is 1.60.